The lowest BCUT2D eigenvalue weighted by atomic mass is 9.84. The van der Waals surface area contributed by atoms with Crippen molar-refractivity contribution in [2.24, 2.45) is 0 Å². The number of ether oxygens (including phenoxy) is 2. The number of carbonyl (C=O) groups excluding carboxylic acids is 2. The van der Waals surface area contributed by atoms with E-state index in [0.717, 1.165) is 59.6 Å². The van der Waals surface area contributed by atoms with Crippen LogP contribution in [0.1, 0.15) is 103 Å². The molecule has 39 heavy (non-hydrogen) atoms. The molecule has 2 aromatic carbocycles. The van der Waals surface area contributed by atoms with Crippen molar-refractivity contribution in [3.8, 4) is 11.5 Å². The predicted molar refractivity (Wildman–Crippen MR) is 157 cm³/mol. The van der Waals surface area contributed by atoms with Gasteiger partial charge in [0.1, 0.15) is 11.5 Å². The van der Waals surface area contributed by atoms with Gasteiger partial charge in [-0.1, -0.05) is 65.2 Å². The van der Waals surface area contributed by atoms with E-state index in [-0.39, 0.29) is 23.8 Å². The maximum absolute atomic E-state index is 13.6. The summed E-state index contributed by atoms with van der Waals surface area (Å²) in [5.41, 5.74) is 2.85. The lowest BCUT2D eigenvalue weighted by Gasteiger charge is -2.28. The first-order chi connectivity index (χ1) is 18.3. The van der Waals surface area contributed by atoms with Crippen LogP contribution in [0.25, 0.3) is 0 Å². The minimum atomic E-state index is -0.504. The third-order valence-corrected chi connectivity index (χ3v) is 6.48. The van der Waals surface area contributed by atoms with Gasteiger partial charge in [-0.15, -0.1) is 0 Å². The molecule has 0 spiro atoms. The molecule has 1 atom stereocenters. The summed E-state index contributed by atoms with van der Waals surface area (Å²) < 4.78 is 11.4. The van der Waals surface area contributed by atoms with Crippen LogP contribution in [-0.4, -0.2) is 37.2 Å². The smallest absolute Gasteiger partial charge is 0.233 e. The molecular formula is C32H48N2O5. The van der Waals surface area contributed by atoms with Crippen LogP contribution in [0.5, 0.6) is 11.5 Å². The van der Waals surface area contributed by atoms with Crippen LogP contribution in [0.3, 0.4) is 0 Å². The SMILES string of the molecule is CCCCCC(CC(=O)Nc1cc(CN(C=O)OC(C)(C)C)ccc1C(C)(C)C)c1c(OC)cccc1OC. The van der Waals surface area contributed by atoms with Gasteiger partial charge in [0.15, 0.2) is 0 Å². The van der Waals surface area contributed by atoms with Crippen LogP contribution in [0.2, 0.25) is 0 Å². The Morgan fingerprint density at radius 1 is 1.00 bits per heavy atom. The number of methoxy groups -OCH3 is 2. The quantitative estimate of drug-likeness (QED) is 0.154. The maximum atomic E-state index is 13.6. The highest BCUT2D eigenvalue weighted by Gasteiger charge is 2.26. The van der Waals surface area contributed by atoms with E-state index in [1.807, 2.05) is 57.2 Å². The van der Waals surface area contributed by atoms with Gasteiger partial charge in [-0.05, 0) is 67.9 Å². The number of anilines is 1. The number of amides is 2. The number of nitrogens with one attached hydrogen (secondary N) is 1. The number of hydroxylamine groups is 2. The van der Waals surface area contributed by atoms with Crippen molar-refractivity contribution < 1.29 is 23.9 Å². The van der Waals surface area contributed by atoms with E-state index in [0.29, 0.717) is 12.8 Å². The van der Waals surface area contributed by atoms with Crippen molar-refractivity contribution in [1.82, 2.24) is 5.06 Å². The summed E-state index contributed by atoms with van der Waals surface area (Å²) in [4.78, 5) is 31.0. The van der Waals surface area contributed by atoms with Gasteiger partial charge in [0, 0.05) is 17.7 Å². The zero-order valence-corrected chi connectivity index (χ0v) is 25.3. The van der Waals surface area contributed by atoms with Crippen molar-refractivity contribution in [2.45, 2.75) is 104 Å². The van der Waals surface area contributed by atoms with E-state index in [2.05, 4.69) is 33.0 Å². The third kappa shape index (κ3) is 9.88. The molecule has 216 valence electrons. The van der Waals surface area contributed by atoms with Crippen molar-refractivity contribution >= 4 is 18.0 Å². The number of hydrogen-bond acceptors (Lipinski definition) is 5. The molecule has 0 saturated carbocycles. The number of carbonyl (C=O) groups is 2. The van der Waals surface area contributed by atoms with Crippen molar-refractivity contribution in [2.75, 3.05) is 19.5 Å². The Balaban J connectivity index is 2.38. The fraction of sp³-hybridized carbons (Fsp3) is 0.562. The van der Waals surface area contributed by atoms with E-state index >= 15 is 0 Å². The predicted octanol–water partition coefficient (Wildman–Crippen LogP) is 7.38. The topological polar surface area (TPSA) is 77.1 Å². The molecular weight excluding hydrogens is 492 g/mol. The lowest BCUT2D eigenvalue weighted by molar-refractivity contribution is -0.220. The summed E-state index contributed by atoms with van der Waals surface area (Å²) in [5, 5.41) is 4.48. The minimum absolute atomic E-state index is 0.0605. The van der Waals surface area contributed by atoms with Crippen LogP contribution < -0.4 is 14.8 Å². The monoisotopic (exact) mass is 540 g/mol. The molecule has 2 rings (SSSR count). The van der Waals surface area contributed by atoms with Crippen LogP contribution in [-0.2, 0) is 26.4 Å². The van der Waals surface area contributed by atoms with Crippen LogP contribution in [0.4, 0.5) is 5.69 Å². The van der Waals surface area contributed by atoms with E-state index in [9.17, 15) is 9.59 Å². The van der Waals surface area contributed by atoms with Crippen LogP contribution >= 0.6 is 0 Å². The molecule has 0 saturated heterocycles. The summed E-state index contributed by atoms with van der Waals surface area (Å²) >= 11 is 0. The first kappa shape index (κ1) is 32.2. The fourth-order valence-corrected chi connectivity index (χ4v) is 4.77. The summed E-state index contributed by atoms with van der Waals surface area (Å²) in [5.74, 6) is 1.32. The van der Waals surface area contributed by atoms with Gasteiger partial charge in [-0.2, -0.15) is 0 Å². The second-order valence-corrected chi connectivity index (χ2v) is 12.0. The van der Waals surface area contributed by atoms with E-state index in [1.54, 1.807) is 14.2 Å². The normalized spacial score (nSPS) is 12.5. The third-order valence-electron chi connectivity index (χ3n) is 6.48. The molecule has 0 heterocycles. The van der Waals surface area contributed by atoms with Gasteiger partial charge >= 0.3 is 0 Å². The molecule has 0 aliphatic rings. The molecule has 0 aliphatic heterocycles. The van der Waals surface area contributed by atoms with Crippen molar-refractivity contribution in [3.05, 3.63) is 53.1 Å². The Morgan fingerprint density at radius 2 is 1.64 bits per heavy atom. The highest BCUT2D eigenvalue weighted by Crippen LogP contribution is 2.40. The maximum Gasteiger partial charge on any atom is 0.233 e. The Kier molecular flexibility index (Phi) is 11.8. The number of unbranched alkanes of at least 4 members (excludes halogenated alkanes) is 2. The molecule has 2 aromatic rings. The molecule has 1 N–H and O–H groups in total. The van der Waals surface area contributed by atoms with E-state index < -0.39 is 5.60 Å². The van der Waals surface area contributed by atoms with Gasteiger partial charge in [0.25, 0.3) is 0 Å². The molecule has 7 heteroatoms. The minimum Gasteiger partial charge on any atom is -0.496 e. The molecule has 7 nitrogen and oxygen atoms in total. The molecule has 0 aliphatic carbocycles. The molecule has 0 aromatic heterocycles. The number of rotatable bonds is 14. The average molecular weight is 541 g/mol. The van der Waals surface area contributed by atoms with E-state index in [1.165, 1.54) is 5.06 Å². The Bertz CT molecular complexity index is 1060. The summed E-state index contributed by atoms with van der Waals surface area (Å²) in [6, 6.07) is 11.7. The first-order valence-electron chi connectivity index (χ1n) is 13.9. The number of hydrogen-bond donors (Lipinski definition) is 1. The number of nitrogens with zero attached hydrogens (tertiary/aromatic N) is 1. The molecule has 2 amide bonds. The zero-order valence-electron chi connectivity index (χ0n) is 25.3. The van der Waals surface area contributed by atoms with Crippen molar-refractivity contribution in [1.29, 1.82) is 0 Å². The Labute approximate surface area is 235 Å². The van der Waals surface area contributed by atoms with Crippen LogP contribution in [0.15, 0.2) is 36.4 Å². The van der Waals surface area contributed by atoms with Gasteiger partial charge < -0.3 is 14.8 Å². The number of benzene rings is 2. The summed E-state index contributed by atoms with van der Waals surface area (Å²) in [7, 11) is 3.29. The van der Waals surface area contributed by atoms with Crippen LogP contribution in [0, 0.1) is 0 Å². The first-order valence-corrected chi connectivity index (χ1v) is 13.9. The summed E-state index contributed by atoms with van der Waals surface area (Å²) in [6.45, 7) is 14.5. The summed E-state index contributed by atoms with van der Waals surface area (Å²) in [6.07, 6.45) is 5.02. The standard InChI is InChI=1S/C32H48N2O5/c1-10-11-12-14-24(30-27(37-8)15-13-16-28(30)38-9)20-29(36)33-26-19-23(17-18-25(26)31(2,3)4)21-34(22-35)39-32(5,6)7/h13,15-19,22,24H,10-12,14,20-21H2,1-9H3,(H,33,36). The van der Waals surface area contributed by atoms with E-state index in [4.69, 9.17) is 14.3 Å². The Hall–Kier alpha value is -3.06. The van der Waals surface area contributed by atoms with Gasteiger partial charge in [0.2, 0.25) is 12.3 Å². The second-order valence-electron chi connectivity index (χ2n) is 12.0. The molecule has 0 radical (unpaired) electrons. The van der Waals surface area contributed by atoms with Gasteiger partial charge in [-0.3, -0.25) is 14.4 Å². The molecule has 0 bridgehead atoms. The molecule has 0 fully saturated rings. The highest BCUT2D eigenvalue weighted by atomic mass is 16.7. The Morgan fingerprint density at radius 3 is 2.15 bits per heavy atom. The van der Waals surface area contributed by atoms with Gasteiger partial charge in [0.05, 0.1) is 26.4 Å². The average Bonchev–Trinajstić information content (AvgIpc) is 2.85. The van der Waals surface area contributed by atoms with Gasteiger partial charge in [-0.25, -0.2) is 5.06 Å². The lowest BCUT2D eigenvalue weighted by Crippen LogP contribution is -2.32. The van der Waals surface area contributed by atoms with Crippen molar-refractivity contribution in [3.63, 3.8) is 0 Å². The largest absolute Gasteiger partial charge is 0.496 e. The second kappa shape index (κ2) is 14.4. The fourth-order valence-electron chi connectivity index (χ4n) is 4.77. The molecule has 1 unspecified atom stereocenters. The zero-order chi connectivity index (χ0) is 29.2. The highest BCUT2D eigenvalue weighted by molar-refractivity contribution is 5.92.